The lowest BCUT2D eigenvalue weighted by atomic mass is 10.0. The number of H-pyrrole nitrogens is 1. The molecule has 4 aromatic heterocycles. The van der Waals surface area contributed by atoms with Crippen molar-refractivity contribution in [2.24, 2.45) is 0 Å². The number of nitrogens with one attached hydrogen (secondary N) is 1. The number of aromatic amines is 1. The maximum Gasteiger partial charge on any atom is 0.253 e. The molecular weight excluding hydrogens is 488 g/mol. The Balaban J connectivity index is 1.49. The zero-order valence-corrected chi connectivity index (χ0v) is 21.4. The monoisotopic (exact) mass is 516 g/mol. The molecule has 1 fully saturated rings. The Morgan fingerprint density at radius 3 is 2.95 bits per heavy atom. The molecule has 0 unspecified atom stereocenters. The van der Waals surface area contributed by atoms with E-state index in [9.17, 15) is 4.79 Å². The third kappa shape index (κ3) is 5.13. The maximum absolute atomic E-state index is 13.6. The zero-order chi connectivity index (χ0) is 25.2. The summed E-state index contributed by atoms with van der Waals surface area (Å²) < 4.78 is 13.4. The van der Waals surface area contributed by atoms with Gasteiger partial charge in [0.15, 0.2) is 5.82 Å². The normalized spacial score (nSPS) is 16.6. The fourth-order valence-corrected chi connectivity index (χ4v) is 5.73. The summed E-state index contributed by atoms with van der Waals surface area (Å²) in [6.45, 7) is 4.38. The molecule has 0 aliphatic carbocycles. The molecule has 9 nitrogen and oxygen atoms in total. The van der Waals surface area contributed by atoms with Gasteiger partial charge in [-0.05, 0) is 76.9 Å². The Bertz CT molecular complexity index is 1480. The SMILES string of the molecule is Cc1ccc2cc([C@H](c3nnnn3C[C@H]3CCCO3)N(Cc3ccco3)Cc3cccs3)c(=O)[nH]c2c1. The number of fused-ring (bicyclic) bond motifs is 1. The van der Waals surface area contributed by atoms with E-state index in [1.807, 2.05) is 49.4 Å². The topological polar surface area (TPSA) is 102 Å². The molecule has 0 saturated carbocycles. The van der Waals surface area contributed by atoms with Crippen LogP contribution in [0.15, 0.2) is 69.4 Å². The smallest absolute Gasteiger partial charge is 0.253 e. The molecule has 1 saturated heterocycles. The van der Waals surface area contributed by atoms with Gasteiger partial charge in [-0.2, -0.15) is 0 Å². The Hall–Kier alpha value is -3.60. The first-order valence-electron chi connectivity index (χ1n) is 12.4. The average molecular weight is 517 g/mol. The van der Waals surface area contributed by atoms with Crippen LogP contribution in [-0.2, 0) is 24.4 Å². The lowest BCUT2D eigenvalue weighted by Gasteiger charge is -2.30. The minimum atomic E-state index is -0.516. The molecule has 0 spiro atoms. The maximum atomic E-state index is 13.6. The van der Waals surface area contributed by atoms with E-state index in [2.05, 4.69) is 36.9 Å². The largest absolute Gasteiger partial charge is 0.468 e. The molecule has 1 aromatic carbocycles. The van der Waals surface area contributed by atoms with E-state index < -0.39 is 6.04 Å². The highest BCUT2D eigenvalue weighted by Gasteiger charge is 2.32. The Morgan fingerprint density at radius 1 is 1.22 bits per heavy atom. The first-order chi connectivity index (χ1) is 18.1. The van der Waals surface area contributed by atoms with Crippen LogP contribution in [0.1, 0.15) is 46.5 Å². The second kappa shape index (κ2) is 10.4. The molecule has 6 rings (SSSR count). The number of aryl methyl sites for hydroxylation is 1. The third-order valence-electron chi connectivity index (χ3n) is 6.77. The van der Waals surface area contributed by atoms with Crippen LogP contribution >= 0.6 is 11.3 Å². The van der Waals surface area contributed by atoms with Gasteiger partial charge in [0.05, 0.1) is 25.5 Å². The van der Waals surface area contributed by atoms with E-state index in [-0.39, 0.29) is 11.7 Å². The van der Waals surface area contributed by atoms with Crippen LogP contribution in [0.2, 0.25) is 0 Å². The molecule has 1 aliphatic heterocycles. The molecule has 1 aliphatic rings. The molecule has 0 amide bonds. The average Bonchev–Trinajstić information content (AvgIpc) is 3.70. The van der Waals surface area contributed by atoms with Crippen molar-refractivity contribution in [2.45, 2.75) is 51.5 Å². The third-order valence-corrected chi connectivity index (χ3v) is 7.63. The number of tetrazole rings is 1. The van der Waals surface area contributed by atoms with Crippen LogP contribution in [0.4, 0.5) is 0 Å². The molecular formula is C27H28N6O3S. The first-order valence-corrected chi connectivity index (χ1v) is 13.3. The van der Waals surface area contributed by atoms with E-state index in [1.54, 1.807) is 22.3 Å². The van der Waals surface area contributed by atoms with Crippen LogP contribution in [0, 0.1) is 6.92 Å². The number of aromatic nitrogens is 5. The minimum Gasteiger partial charge on any atom is -0.468 e. The van der Waals surface area contributed by atoms with Crippen LogP contribution in [-0.4, -0.2) is 42.8 Å². The van der Waals surface area contributed by atoms with E-state index in [0.717, 1.165) is 41.7 Å². The van der Waals surface area contributed by atoms with Crippen LogP contribution in [0.5, 0.6) is 0 Å². The molecule has 37 heavy (non-hydrogen) atoms. The number of nitrogens with zero attached hydrogens (tertiary/aromatic N) is 5. The van der Waals surface area contributed by atoms with Crippen molar-refractivity contribution in [2.75, 3.05) is 6.61 Å². The van der Waals surface area contributed by atoms with Gasteiger partial charge in [0.2, 0.25) is 0 Å². The zero-order valence-electron chi connectivity index (χ0n) is 20.5. The number of benzene rings is 1. The number of ether oxygens (including phenoxy) is 1. The Labute approximate surface area is 217 Å². The van der Waals surface area contributed by atoms with E-state index >= 15 is 0 Å². The van der Waals surface area contributed by atoms with E-state index in [1.165, 1.54) is 4.88 Å². The van der Waals surface area contributed by atoms with Gasteiger partial charge in [0, 0.05) is 29.1 Å². The summed E-state index contributed by atoms with van der Waals surface area (Å²) in [5, 5.41) is 15.8. The molecule has 1 N–H and O–H groups in total. The lowest BCUT2D eigenvalue weighted by Crippen LogP contribution is -2.35. The number of pyridine rings is 1. The second-order valence-corrected chi connectivity index (χ2v) is 10.5. The summed E-state index contributed by atoms with van der Waals surface area (Å²) in [6.07, 6.45) is 3.71. The van der Waals surface area contributed by atoms with Gasteiger partial charge in [-0.3, -0.25) is 9.69 Å². The van der Waals surface area contributed by atoms with Crippen molar-refractivity contribution in [3.8, 4) is 0 Å². The number of thiophene rings is 1. The molecule has 190 valence electrons. The summed E-state index contributed by atoms with van der Waals surface area (Å²) in [4.78, 5) is 20.1. The fraction of sp³-hybridized carbons (Fsp3) is 0.333. The summed E-state index contributed by atoms with van der Waals surface area (Å²) in [5.41, 5.74) is 2.32. The van der Waals surface area contributed by atoms with Crippen molar-refractivity contribution in [1.82, 2.24) is 30.1 Å². The van der Waals surface area contributed by atoms with Crippen LogP contribution < -0.4 is 5.56 Å². The van der Waals surface area contributed by atoms with Crippen molar-refractivity contribution in [3.63, 3.8) is 0 Å². The highest BCUT2D eigenvalue weighted by molar-refractivity contribution is 7.09. The minimum absolute atomic E-state index is 0.0524. The summed E-state index contributed by atoms with van der Waals surface area (Å²) >= 11 is 1.68. The van der Waals surface area contributed by atoms with Crippen molar-refractivity contribution in [3.05, 3.63) is 98.1 Å². The van der Waals surface area contributed by atoms with Crippen molar-refractivity contribution in [1.29, 1.82) is 0 Å². The first kappa shape index (κ1) is 23.8. The Kier molecular flexibility index (Phi) is 6.69. The molecule has 5 heterocycles. The van der Waals surface area contributed by atoms with Gasteiger partial charge in [0.1, 0.15) is 11.8 Å². The number of hydrogen-bond donors (Lipinski definition) is 1. The summed E-state index contributed by atoms with van der Waals surface area (Å²) in [5.74, 6) is 1.41. The second-order valence-electron chi connectivity index (χ2n) is 9.46. The van der Waals surface area contributed by atoms with E-state index in [0.29, 0.717) is 31.0 Å². The van der Waals surface area contributed by atoms with Gasteiger partial charge in [-0.25, -0.2) is 4.68 Å². The predicted octanol–water partition coefficient (Wildman–Crippen LogP) is 4.45. The fourth-order valence-electron chi connectivity index (χ4n) is 5.00. The molecule has 10 heteroatoms. The van der Waals surface area contributed by atoms with Gasteiger partial charge < -0.3 is 14.1 Å². The molecule has 2 atom stereocenters. The van der Waals surface area contributed by atoms with Crippen LogP contribution in [0.25, 0.3) is 10.9 Å². The number of rotatable bonds is 9. The summed E-state index contributed by atoms with van der Waals surface area (Å²) in [7, 11) is 0. The summed E-state index contributed by atoms with van der Waals surface area (Å²) in [6, 6.07) is 15.5. The molecule has 5 aromatic rings. The predicted molar refractivity (Wildman–Crippen MR) is 140 cm³/mol. The van der Waals surface area contributed by atoms with E-state index in [4.69, 9.17) is 9.15 Å². The Morgan fingerprint density at radius 2 is 2.16 bits per heavy atom. The molecule has 0 radical (unpaired) electrons. The highest BCUT2D eigenvalue weighted by Crippen LogP contribution is 2.31. The van der Waals surface area contributed by atoms with Crippen molar-refractivity contribution >= 4 is 22.2 Å². The van der Waals surface area contributed by atoms with Crippen molar-refractivity contribution < 1.29 is 9.15 Å². The number of furan rings is 1. The van der Waals surface area contributed by atoms with Gasteiger partial charge in [-0.15, -0.1) is 16.4 Å². The van der Waals surface area contributed by atoms with Crippen LogP contribution in [0.3, 0.4) is 0 Å². The van der Waals surface area contributed by atoms with Gasteiger partial charge in [-0.1, -0.05) is 18.2 Å². The molecule has 0 bridgehead atoms. The van der Waals surface area contributed by atoms with Gasteiger partial charge >= 0.3 is 0 Å². The van der Waals surface area contributed by atoms with Gasteiger partial charge in [0.25, 0.3) is 5.56 Å². The quantitative estimate of drug-likeness (QED) is 0.309. The lowest BCUT2D eigenvalue weighted by molar-refractivity contribution is 0.0901. The standard InChI is InChI=1S/C27H28N6O3S/c1-18-8-9-19-14-23(27(34)28-24(19)13-18)25(26-29-30-31-33(26)16-21-6-3-11-36-21)32(15-20-5-2-10-35-20)17-22-7-4-12-37-22/h2,4-5,7-10,12-14,21,25H,3,6,11,15-17H2,1H3,(H,28,34)/t21-,25-/m1/s1. The number of hydrogen-bond acceptors (Lipinski definition) is 8. The highest BCUT2D eigenvalue weighted by atomic mass is 32.1.